The number of amides is 2. The van der Waals surface area contributed by atoms with Crippen LogP contribution in [-0.2, 0) is 0 Å². The van der Waals surface area contributed by atoms with Crippen molar-refractivity contribution in [3.05, 3.63) is 28.8 Å². The number of benzene rings is 1. The van der Waals surface area contributed by atoms with E-state index in [1.807, 2.05) is 34.9 Å². The molecule has 3 rings (SSSR count). The average molecular weight is 266 g/mol. The lowest BCUT2D eigenvalue weighted by Gasteiger charge is -2.28. The maximum Gasteiger partial charge on any atom is 0.324 e. The molecule has 1 atom stereocenters. The lowest BCUT2D eigenvalue weighted by molar-refractivity contribution is 0.193. The van der Waals surface area contributed by atoms with E-state index in [1.54, 1.807) is 0 Å². The fourth-order valence-corrected chi connectivity index (χ4v) is 2.88. The van der Waals surface area contributed by atoms with Crippen LogP contribution in [0.5, 0.6) is 0 Å². The molecule has 0 saturated carbocycles. The number of carbonyl (C=O) groups excluding carboxylic acids is 1. The highest BCUT2D eigenvalue weighted by Crippen LogP contribution is 2.30. The highest BCUT2D eigenvalue weighted by Gasteiger charge is 2.39. The number of anilines is 1. The molecule has 2 aliphatic heterocycles. The van der Waals surface area contributed by atoms with Crippen molar-refractivity contribution in [1.82, 2.24) is 10.2 Å². The zero-order chi connectivity index (χ0) is 12.7. The molecule has 4 nitrogen and oxygen atoms in total. The van der Waals surface area contributed by atoms with Gasteiger partial charge in [-0.05, 0) is 24.6 Å². The van der Waals surface area contributed by atoms with Crippen LogP contribution in [0.1, 0.15) is 5.56 Å². The van der Waals surface area contributed by atoms with E-state index in [0.717, 1.165) is 37.4 Å². The Balaban J connectivity index is 1.93. The summed E-state index contributed by atoms with van der Waals surface area (Å²) < 4.78 is 0. The number of carbonyl (C=O) groups is 1. The van der Waals surface area contributed by atoms with Crippen LogP contribution < -0.4 is 10.2 Å². The molecule has 0 bridgehead atoms. The second kappa shape index (κ2) is 4.44. The summed E-state index contributed by atoms with van der Waals surface area (Å²) in [6.07, 6.45) is 0. The first-order valence-corrected chi connectivity index (χ1v) is 6.60. The van der Waals surface area contributed by atoms with Gasteiger partial charge in [0.25, 0.3) is 0 Å². The number of hydrogen-bond donors (Lipinski definition) is 1. The third-order valence-electron chi connectivity index (χ3n) is 3.75. The first-order chi connectivity index (χ1) is 8.68. The summed E-state index contributed by atoms with van der Waals surface area (Å²) >= 11 is 6.13. The molecular weight excluding hydrogens is 250 g/mol. The third kappa shape index (κ3) is 1.76. The highest BCUT2D eigenvalue weighted by molar-refractivity contribution is 6.31. The number of nitrogens with one attached hydrogen (secondary N) is 1. The lowest BCUT2D eigenvalue weighted by Crippen LogP contribution is -2.49. The molecule has 0 radical (unpaired) electrons. The van der Waals surface area contributed by atoms with Gasteiger partial charge in [-0.2, -0.15) is 0 Å². The predicted molar refractivity (Wildman–Crippen MR) is 72.3 cm³/mol. The molecule has 0 spiro atoms. The minimum Gasteiger partial charge on any atom is -0.317 e. The van der Waals surface area contributed by atoms with Gasteiger partial charge in [-0.15, -0.1) is 0 Å². The third-order valence-corrected chi connectivity index (χ3v) is 4.16. The normalized spacial score (nSPS) is 23.4. The number of hydrogen-bond acceptors (Lipinski definition) is 2. The summed E-state index contributed by atoms with van der Waals surface area (Å²) in [6.45, 7) is 5.25. The summed E-state index contributed by atoms with van der Waals surface area (Å²) in [5.74, 6) is 0. The molecular formula is C13H16ClN3O. The molecule has 2 fully saturated rings. The number of urea groups is 1. The van der Waals surface area contributed by atoms with Crippen LogP contribution in [0.3, 0.4) is 0 Å². The van der Waals surface area contributed by atoms with Crippen molar-refractivity contribution in [3.8, 4) is 0 Å². The molecule has 0 aromatic heterocycles. The number of fused-ring (bicyclic) bond motifs is 1. The highest BCUT2D eigenvalue weighted by atomic mass is 35.5. The summed E-state index contributed by atoms with van der Waals surface area (Å²) in [4.78, 5) is 16.2. The maximum atomic E-state index is 12.4. The number of halogens is 1. The predicted octanol–water partition coefficient (Wildman–Crippen LogP) is 1.86. The Labute approximate surface area is 112 Å². The standard InChI is InChI=1S/C13H16ClN3O/c1-9-11(14)3-2-4-12(9)17-8-10-7-15-5-6-16(10)13(17)18/h2-4,10,15H,5-8H2,1H3. The van der Waals surface area contributed by atoms with Gasteiger partial charge in [0.1, 0.15) is 0 Å². The van der Waals surface area contributed by atoms with Crippen LogP contribution in [0.15, 0.2) is 18.2 Å². The molecule has 18 heavy (non-hydrogen) atoms. The van der Waals surface area contributed by atoms with Gasteiger partial charge in [0.15, 0.2) is 0 Å². The average Bonchev–Trinajstić information content (AvgIpc) is 2.71. The van der Waals surface area contributed by atoms with Crippen molar-refractivity contribution in [2.45, 2.75) is 13.0 Å². The number of piperazine rings is 1. The van der Waals surface area contributed by atoms with Gasteiger partial charge < -0.3 is 10.2 Å². The van der Waals surface area contributed by atoms with Crippen LogP contribution >= 0.6 is 11.6 Å². The van der Waals surface area contributed by atoms with Crippen molar-refractivity contribution in [2.75, 3.05) is 31.1 Å². The second-order valence-electron chi connectivity index (χ2n) is 4.83. The van der Waals surface area contributed by atoms with E-state index in [-0.39, 0.29) is 12.1 Å². The lowest BCUT2D eigenvalue weighted by atomic mass is 10.1. The Morgan fingerprint density at radius 1 is 1.44 bits per heavy atom. The van der Waals surface area contributed by atoms with Crippen LogP contribution in [0, 0.1) is 6.92 Å². The molecule has 1 aromatic rings. The van der Waals surface area contributed by atoms with Crippen molar-refractivity contribution in [1.29, 1.82) is 0 Å². The zero-order valence-corrected chi connectivity index (χ0v) is 11.1. The van der Waals surface area contributed by atoms with E-state index >= 15 is 0 Å². The number of rotatable bonds is 1. The monoisotopic (exact) mass is 265 g/mol. The Morgan fingerprint density at radius 3 is 3.06 bits per heavy atom. The molecule has 2 aliphatic rings. The van der Waals surface area contributed by atoms with Crippen LogP contribution in [0.4, 0.5) is 10.5 Å². The van der Waals surface area contributed by atoms with Crippen molar-refractivity contribution >= 4 is 23.3 Å². The van der Waals surface area contributed by atoms with E-state index in [4.69, 9.17) is 11.6 Å². The molecule has 5 heteroatoms. The molecule has 1 unspecified atom stereocenters. The minimum atomic E-state index is 0.104. The first-order valence-electron chi connectivity index (χ1n) is 6.22. The fourth-order valence-electron chi connectivity index (χ4n) is 2.71. The molecule has 1 N–H and O–H groups in total. The summed E-state index contributed by atoms with van der Waals surface area (Å²) in [5.41, 5.74) is 1.90. The Morgan fingerprint density at radius 2 is 2.28 bits per heavy atom. The zero-order valence-electron chi connectivity index (χ0n) is 10.3. The molecule has 0 aliphatic carbocycles. The molecule has 96 valence electrons. The maximum absolute atomic E-state index is 12.4. The van der Waals surface area contributed by atoms with E-state index in [1.165, 1.54) is 0 Å². The topological polar surface area (TPSA) is 35.6 Å². The molecule has 2 saturated heterocycles. The smallest absolute Gasteiger partial charge is 0.317 e. The Kier molecular flexibility index (Phi) is 2.92. The Hall–Kier alpha value is -1.26. The van der Waals surface area contributed by atoms with Gasteiger partial charge >= 0.3 is 6.03 Å². The molecule has 2 amide bonds. The van der Waals surface area contributed by atoms with Gasteiger partial charge in [0.05, 0.1) is 6.04 Å². The molecule has 2 heterocycles. The van der Waals surface area contributed by atoms with Crippen LogP contribution in [0.2, 0.25) is 5.02 Å². The quantitative estimate of drug-likeness (QED) is 0.841. The van der Waals surface area contributed by atoms with Crippen molar-refractivity contribution in [2.24, 2.45) is 0 Å². The summed E-state index contributed by atoms with van der Waals surface area (Å²) in [5, 5.41) is 4.04. The van der Waals surface area contributed by atoms with Crippen LogP contribution in [-0.4, -0.2) is 43.2 Å². The van der Waals surface area contributed by atoms with Gasteiger partial charge in [0, 0.05) is 36.9 Å². The largest absolute Gasteiger partial charge is 0.324 e. The minimum absolute atomic E-state index is 0.104. The van der Waals surface area contributed by atoms with Gasteiger partial charge in [-0.1, -0.05) is 17.7 Å². The summed E-state index contributed by atoms with van der Waals surface area (Å²) in [7, 11) is 0. The molecule has 1 aromatic carbocycles. The van der Waals surface area contributed by atoms with Gasteiger partial charge in [-0.3, -0.25) is 4.90 Å². The van der Waals surface area contributed by atoms with E-state index < -0.39 is 0 Å². The van der Waals surface area contributed by atoms with E-state index in [9.17, 15) is 4.79 Å². The van der Waals surface area contributed by atoms with Gasteiger partial charge in [-0.25, -0.2) is 4.79 Å². The second-order valence-corrected chi connectivity index (χ2v) is 5.24. The van der Waals surface area contributed by atoms with Crippen LogP contribution in [0.25, 0.3) is 0 Å². The SMILES string of the molecule is Cc1c(Cl)cccc1N1CC2CNCCN2C1=O. The van der Waals surface area contributed by atoms with E-state index in [0.29, 0.717) is 5.02 Å². The number of nitrogens with zero attached hydrogens (tertiary/aromatic N) is 2. The van der Waals surface area contributed by atoms with Crippen molar-refractivity contribution < 1.29 is 4.79 Å². The Bertz CT molecular complexity index is 491. The fraction of sp³-hybridized carbons (Fsp3) is 0.462. The summed E-state index contributed by atoms with van der Waals surface area (Å²) in [6, 6.07) is 6.10. The van der Waals surface area contributed by atoms with Gasteiger partial charge in [0.2, 0.25) is 0 Å². The van der Waals surface area contributed by atoms with Crippen molar-refractivity contribution in [3.63, 3.8) is 0 Å². The van der Waals surface area contributed by atoms with E-state index in [2.05, 4.69) is 5.32 Å². The first kappa shape index (κ1) is 11.8.